The Balaban J connectivity index is 1.57. The van der Waals surface area contributed by atoms with Crippen LogP contribution in [0.3, 0.4) is 0 Å². The Hall–Kier alpha value is -3.12. The van der Waals surface area contributed by atoms with Crippen LogP contribution in [0.1, 0.15) is 33.3 Å². The summed E-state index contributed by atoms with van der Waals surface area (Å²) in [4.78, 5) is 28.6. The van der Waals surface area contributed by atoms with Crippen LogP contribution in [0.2, 0.25) is 0 Å². The molecule has 0 fully saturated rings. The maximum Gasteiger partial charge on any atom is 0.255 e. The third-order valence-corrected chi connectivity index (χ3v) is 5.83. The number of thiophene rings is 1. The Morgan fingerprint density at radius 3 is 2.68 bits per heavy atom. The number of benzene rings is 2. The van der Waals surface area contributed by atoms with Gasteiger partial charge in [-0.3, -0.25) is 9.59 Å². The van der Waals surface area contributed by atoms with Gasteiger partial charge in [0, 0.05) is 17.0 Å². The fraction of sp³-hybridized carbons (Fsp3) is 0.182. The molecule has 2 aromatic carbocycles. The minimum atomic E-state index is -0.311. The van der Waals surface area contributed by atoms with E-state index >= 15 is 0 Å². The standard InChI is InChI=1S/C22H20N2O3S/c1-27-19-10-5-4-9-17(19)23-21(25)13-18(20-11-6-12-28-20)24-14-15-7-2-3-8-16(15)22(24)26/h2-12,18H,13-14H2,1H3,(H,23,25)/t18-/m0/s1. The molecule has 2 amide bonds. The molecular weight excluding hydrogens is 372 g/mol. The van der Waals surface area contributed by atoms with Crippen molar-refractivity contribution in [2.75, 3.05) is 12.4 Å². The number of amides is 2. The van der Waals surface area contributed by atoms with Crippen LogP contribution in [-0.2, 0) is 11.3 Å². The minimum Gasteiger partial charge on any atom is -0.495 e. The number of rotatable bonds is 6. The van der Waals surface area contributed by atoms with Gasteiger partial charge in [-0.1, -0.05) is 36.4 Å². The molecule has 1 aromatic heterocycles. The Kier molecular flexibility index (Phi) is 5.12. The van der Waals surface area contributed by atoms with Gasteiger partial charge in [0.1, 0.15) is 5.75 Å². The summed E-state index contributed by atoms with van der Waals surface area (Å²) in [6, 6.07) is 18.5. The van der Waals surface area contributed by atoms with E-state index < -0.39 is 0 Å². The highest BCUT2D eigenvalue weighted by Crippen LogP contribution is 2.35. The molecule has 1 aliphatic rings. The topological polar surface area (TPSA) is 58.6 Å². The van der Waals surface area contributed by atoms with Crippen molar-refractivity contribution in [3.05, 3.63) is 82.0 Å². The predicted octanol–water partition coefficient (Wildman–Crippen LogP) is 4.48. The zero-order chi connectivity index (χ0) is 19.5. The number of nitrogens with one attached hydrogen (secondary N) is 1. The van der Waals surface area contributed by atoms with E-state index in [9.17, 15) is 9.59 Å². The molecule has 1 N–H and O–H groups in total. The second kappa shape index (κ2) is 7.86. The SMILES string of the molecule is COc1ccccc1NC(=O)C[C@@H](c1cccs1)N1Cc2ccccc2C1=O. The van der Waals surface area contributed by atoms with Gasteiger partial charge in [-0.2, -0.15) is 0 Å². The molecule has 0 unspecified atom stereocenters. The maximum absolute atomic E-state index is 13.0. The van der Waals surface area contributed by atoms with E-state index in [-0.39, 0.29) is 24.3 Å². The van der Waals surface area contributed by atoms with Crippen LogP contribution in [0, 0.1) is 0 Å². The highest BCUT2D eigenvalue weighted by atomic mass is 32.1. The van der Waals surface area contributed by atoms with E-state index in [0.29, 0.717) is 23.5 Å². The van der Waals surface area contributed by atoms with Crippen molar-refractivity contribution in [3.8, 4) is 5.75 Å². The third-order valence-electron chi connectivity index (χ3n) is 4.86. The van der Waals surface area contributed by atoms with E-state index in [1.54, 1.807) is 35.5 Å². The highest BCUT2D eigenvalue weighted by Gasteiger charge is 2.34. The summed E-state index contributed by atoms with van der Waals surface area (Å²) in [5.41, 5.74) is 2.34. The number of hydrogen-bond acceptors (Lipinski definition) is 4. The number of nitrogens with zero attached hydrogens (tertiary/aromatic N) is 1. The number of fused-ring (bicyclic) bond motifs is 1. The van der Waals surface area contributed by atoms with Gasteiger partial charge in [0.25, 0.3) is 5.91 Å². The zero-order valence-corrected chi connectivity index (χ0v) is 16.2. The van der Waals surface area contributed by atoms with Crippen molar-refractivity contribution in [3.63, 3.8) is 0 Å². The summed E-state index contributed by atoms with van der Waals surface area (Å²) < 4.78 is 5.31. The van der Waals surface area contributed by atoms with E-state index in [0.717, 1.165) is 10.4 Å². The average molecular weight is 392 g/mol. The number of carbonyl (C=O) groups is 2. The van der Waals surface area contributed by atoms with Crippen molar-refractivity contribution < 1.29 is 14.3 Å². The lowest BCUT2D eigenvalue weighted by atomic mass is 10.1. The molecular formula is C22H20N2O3S. The number of hydrogen-bond donors (Lipinski definition) is 1. The Labute approximate surface area is 167 Å². The van der Waals surface area contributed by atoms with Gasteiger partial charge in [0.2, 0.25) is 5.91 Å². The van der Waals surface area contributed by atoms with E-state index in [1.165, 1.54) is 0 Å². The summed E-state index contributed by atoms with van der Waals surface area (Å²) in [6.07, 6.45) is 0.179. The molecule has 4 rings (SSSR count). The van der Waals surface area contributed by atoms with Gasteiger partial charge in [-0.05, 0) is 35.2 Å². The summed E-state index contributed by atoms with van der Waals surface area (Å²) >= 11 is 1.56. The van der Waals surface area contributed by atoms with E-state index in [2.05, 4.69) is 5.32 Å². The van der Waals surface area contributed by atoms with Gasteiger partial charge in [-0.15, -0.1) is 11.3 Å². The normalized spacial score (nSPS) is 13.9. The van der Waals surface area contributed by atoms with Crippen LogP contribution in [0.25, 0.3) is 0 Å². The highest BCUT2D eigenvalue weighted by molar-refractivity contribution is 7.10. The molecule has 0 aliphatic carbocycles. The Morgan fingerprint density at radius 2 is 1.93 bits per heavy atom. The van der Waals surface area contributed by atoms with Crippen molar-refractivity contribution in [1.29, 1.82) is 0 Å². The average Bonchev–Trinajstić information content (AvgIpc) is 3.35. The predicted molar refractivity (Wildman–Crippen MR) is 110 cm³/mol. The van der Waals surface area contributed by atoms with Crippen LogP contribution in [0.4, 0.5) is 5.69 Å². The zero-order valence-electron chi connectivity index (χ0n) is 15.4. The first kappa shape index (κ1) is 18.3. The molecule has 1 atom stereocenters. The molecule has 2 heterocycles. The van der Waals surface area contributed by atoms with Crippen LogP contribution < -0.4 is 10.1 Å². The number of methoxy groups -OCH3 is 1. The lowest BCUT2D eigenvalue weighted by Crippen LogP contribution is -2.31. The lowest BCUT2D eigenvalue weighted by Gasteiger charge is -2.26. The van der Waals surface area contributed by atoms with Crippen molar-refractivity contribution >= 4 is 28.8 Å². The van der Waals surface area contributed by atoms with Crippen molar-refractivity contribution in [2.45, 2.75) is 19.0 Å². The quantitative estimate of drug-likeness (QED) is 0.673. The van der Waals surface area contributed by atoms with Crippen LogP contribution in [0.5, 0.6) is 5.75 Å². The van der Waals surface area contributed by atoms with E-state index in [1.807, 2.05) is 53.9 Å². The molecule has 0 saturated carbocycles. The summed E-state index contributed by atoms with van der Waals surface area (Å²) in [7, 11) is 1.57. The van der Waals surface area contributed by atoms with Gasteiger partial charge >= 0.3 is 0 Å². The monoisotopic (exact) mass is 392 g/mol. The first-order chi connectivity index (χ1) is 13.7. The fourth-order valence-electron chi connectivity index (χ4n) is 3.50. The van der Waals surface area contributed by atoms with Crippen LogP contribution in [-0.4, -0.2) is 23.8 Å². The number of ether oxygens (including phenoxy) is 1. The molecule has 1 aliphatic heterocycles. The second-order valence-corrected chi connectivity index (χ2v) is 7.55. The van der Waals surface area contributed by atoms with Gasteiger partial charge in [0.05, 0.1) is 25.3 Å². The molecule has 6 heteroatoms. The lowest BCUT2D eigenvalue weighted by molar-refractivity contribution is -0.117. The van der Waals surface area contributed by atoms with Gasteiger partial charge in [-0.25, -0.2) is 0 Å². The third kappa shape index (κ3) is 3.51. The Morgan fingerprint density at radius 1 is 1.14 bits per heavy atom. The fourth-order valence-corrected chi connectivity index (χ4v) is 4.34. The number of anilines is 1. The molecule has 142 valence electrons. The minimum absolute atomic E-state index is 0.0286. The molecule has 3 aromatic rings. The second-order valence-electron chi connectivity index (χ2n) is 6.57. The summed E-state index contributed by atoms with van der Waals surface area (Å²) in [6.45, 7) is 0.513. The maximum atomic E-state index is 13.0. The molecule has 28 heavy (non-hydrogen) atoms. The van der Waals surface area contributed by atoms with E-state index in [4.69, 9.17) is 4.74 Å². The molecule has 0 saturated heterocycles. The first-order valence-electron chi connectivity index (χ1n) is 9.02. The summed E-state index contributed by atoms with van der Waals surface area (Å²) in [5.74, 6) is 0.416. The number of carbonyl (C=O) groups excluding carboxylic acids is 2. The summed E-state index contributed by atoms with van der Waals surface area (Å²) in [5, 5.41) is 4.88. The molecule has 0 radical (unpaired) electrons. The molecule has 0 bridgehead atoms. The first-order valence-corrected chi connectivity index (χ1v) is 9.90. The van der Waals surface area contributed by atoms with Gasteiger partial charge < -0.3 is 15.0 Å². The van der Waals surface area contributed by atoms with Gasteiger partial charge in [0.15, 0.2) is 0 Å². The van der Waals surface area contributed by atoms with Crippen molar-refractivity contribution in [1.82, 2.24) is 4.90 Å². The smallest absolute Gasteiger partial charge is 0.255 e. The number of para-hydroxylation sites is 2. The van der Waals surface area contributed by atoms with Crippen molar-refractivity contribution in [2.24, 2.45) is 0 Å². The van der Waals surface area contributed by atoms with Crippen LogP contribution in [0.15, 0.2) is 66.0 Å². The Bertz CT molecular complexity index is 1000. The molecule has 5 nitrogen and oxygen atoms in total. The largest absolute Gasteiger partial charge is 0.495 e. The molecule has 0 spiro atoms. The van der Waals surface area contributed by atoms with Crippen LogP contribution >= 0.6 is 11.3 Å².